The molecular weight excluding hydrogens is 142 g/mol. The van der Waals surface area contributed by atoms with Gasteiger partial charge in [-0.3, -0.25) is 4.79 Å². The normalized spacial score (nSPS) is 10.0. The Morgan fingerprint density at radius 3 is 2.45 bits per heavy atom. The molecule has 0 saturated heterocycles. The Labute approximate surface area is 66.7 Å². The van der Waals surface area contributed by atoms with E-state index in [1.807, 2.05) is 0 Å². The van der Waals surface area contributed by atoms with Gasteiger partial charge < -0.3 is 9.69 Å². The largest absolute Gasteiger partial charge is 0.349 e. The summed E-state index contributed by atoms with van der Waals surface area (Å²) in [6.45, 7) is 0. The first-order valence-corrected chi connectivity index (χ1v) is 3.47. The molecule has 11 heavy (non-hydrogen) atoms. The van der Waals surface area contributed by atoms with Crippen molar-refractivity contribution >= 4 is 12.2 Å². The highest BCUT2D eigenvalue weighted by Gasteiger charge is 1.98. The molecule has 0 N–H and O–H groups in total. The van der Waals surface area contributed by atoms with Gasteiger partial charge >= 0.3 is 0 Å². The summed E-state index contributed by atoms with van der Waals surface area (Å²) < 4.78 is 0. The molecule has 1 amide bonds. The fourth-order valence-corrected chi connectivity index (χ4v) is 0.519. The zero-order chi connectivity index (χ0) is 8.69. The molecule has 0 heterocycles. The standard InChI is InChI=1S/C8H13NO2/c1-9(2)8(11)6-4-3-5-7-10/h3-4,7H,5-6H2,1-2H3/b4-3+. The van der Waals surface area contributed by atoms with Crippen LogP contribution in [0, 0.1) is 0 Å². The van der Waals surface area contributed by atoms with E-state index in [-0.39, 0.29) is 5.91 Å². The van der Waals surface area contributed by atoms with Crippen molar-refractivity contribution in [2.45, 2.75) is 12.8 Å². The van der Waals surface area contributed by atoms with Gasteiger partial charge in [0.2, 0.25) is 5.91 Å². The number of rotatable bonds is 4. The zero-order valence-electron chi connectivity index (χ0n) is 6.91. The number of hydrogen-bond acceptors (Lipinski definition) is 2. The average molecular weight is 155 g/mol. The van der Waals surface area contributed by atoms with Gasteiger partial charge in [-0.25, -0.2) is 0 Å². The Kier molecular flexibility index (Phi) is 5.07. The van der Waals surface area contributed by atoms with Crippen LogP contribution in [0.15, 0.2) is 12.2 Å². The highest BCUT2D eigenvalue weighted by Crippen LogP contribution is 1.89. The van der Waals surface area contributed by atoms with Gasteiger partial charge in [0.1, 0.15) is 6.29 Å². The molecule has 0 aromatic heterocycles. The molecule has 0 aliphatic rings. The number of allylic oxidation sites excluding steroid dienone is 1. The topological polar surface area (TPSA) is 37.4 Å². The molecule has 0 fully saturated rings. The number of amides is 1. The Morgan fingerprint density at radius 1 is 1.36 bits per heavy atom. The molecule has 0 rings (SSSR count). The smallest absolute Gasteiger partial charge is 0.225 e. The first-order valence-electron chi connectivity index (χ1n) is 3.47. The summed E-state index contributed by atoms with van der Waals surface area (Å²) in [6.07, 6.45) is 4.96. The maximum atomic E-state index is 10.9. The second-order valence-electron chi connectivity index (χ2n) is 2.37. The third-order valence-corrected chi connectivity index (χ3v) is 1.19. The molecule has 0 aliphatic heterocycles. The lowest BCUT2D eigenvalue weighted by Crippen LogP contribution is -2.20. The van der Waals surface area contributed by atoms with Crippen molar-refractivity contribution in [2.24, 2.45) is 0 Å². The van der Waals surface area contributed by atoms with Crippen LogP contribution in [0.5, 0.6) is 0 Å². The van der Waals surface area contributed by atoms with Gasteiger partial charge in [-0.1, -0.05) is 12.2 Å². The Morgan fingerprint density at radius 2 is 2.00 bits per heavy atom. The van der Waals surface area contributed by atoms with Gasteiger partial charge in [0.25, 0.3) is 0 Å². The maximum absolute atomic E-state index is 10.9. The Balaban J connectivity index is 3.53. The van der Waals surface area contributed by atoms with Crippen molar-refractivity contribution in [1.82, 2.24) is 4.90 Å². The molecule has 0 radical (unpaired) electrons. The van der Waals surface area contributed by atoms with Gasteiger partial charge in [-0.15, -0.1) is 0 Å². The summed E-state index contributed by atoms with van der Waals surface area (Å²) in [5.41, 5.74) is 0. The third kappa shape index (κ3) is 5.33. The lowest BCUT2D eigenvalue weighted by molar-refractivity contribution is -0.127. The van der Waals surface area contributed by atoms with E-state index in [2.05, 4.69) is 0 Å². The van der Waals surface area contributed by atoms with Gasteiger partial charge in [-0.05, 0) is 0 Å². The van der Waals surface area contributed by atoms with Crippen LogP contribution < -0.4 is 0 Å². The number of carbonyl (C=O) groups excluding carboxylic acids is 2. The highest BCUT2D eigenvalue weighted by atomic mass is 16.2. The molecule has 3 heteroatoms. The fraction of sp³-hybridized carbons (Fsp3) is 0.500. The van der Waals surface area contributed by atoms with Crippen LogP contribution >= 0.6 is 0 Å². The summed E-state index contributed by atoms with van der Waals surface area (Å²) in [7, 11) is 3.41. The van der Waals surface area contributed by atoms with Crippen molar-refractivity contribution in [3.05, 3.63) is 12.2 Å². The molecule has 0 unspecified atom stereocenters. The number of aldehydes is 1. The molecular formula is C8H13NO2. The highest BCUT2D eigenvalue weighted by molar-refractivity contribution is 5.77. The predicted molar refractivity (Wildman–Crippen MR) is 43.1 cm³/mol. The third-order valence-electron chi connectivity index (χ3n) is 1.19. The monoisotopic (exact) mass is 155 g/mol. The first kappa shape index (κ1) is 9.88. The summed E-state index contributed by atoms with van der Waals surface area (Å²) in [6, 6.07) is 0. The minimum absolute atomic E-state index is 0.0483. The minimum Gasteiger partial charge on any atom is -0.349 e. The van der Waals surface area contributed by atoms with E-state index in [0.717, 1.165) is 6.29 Å². The molecule has 0 bridgehead atoms. The van der Waals surface area contributed by atoms with Crippen LogP contribution in [-0.2, 0) is 9.59 Å². The van der Waals surface area contributed by atoms with Crippen molar-refractivity contribution in [1.29, 1.82) is 0 Å². The SMILES string of the molecule is CN(C)C(=O)C/C=C/CC=O. The lowest BCUT2D eigenvalue weighted by Gasteiger charge is -2.06. The first-order chi connectivity index (χ1) is 5.18. The molecule has 0 saturated carbocycles. The van der Waals surface area contributed by atoms with Crippen LogP contribution in [-0.4, -0.2) is 31.2 Å². The molecule has 0 aromatic carbocycles. The van der Waals surface area contributed by atoms with Gasteiger partial charge in [0.05, 0.1) is 0 Å². The number of carbonyl (C=O) groups is 2. The molecule has 0 aromatic rings. The van der Waals surface area contributed by atoms with E-state index in [9.17, 15) is 9.59 Å². The summed E-state index contributed by atoms with van der Waals surface area (Å²) in [4.78, 5) is 22.2. The van der Waals surface area contributed by atoms with Crippen LogP contribution in [0.2, 0.25) is 0 Å². The lowest BCUT2D eigenvalue weighted by atomic mass is 10.3. The van der Waals surface area contributed by atoms with Gasteiger partial charge in [-0.2, -0.15) is 0 Å². The van der Waals surface area contributed by atoms with E-state index in [0.29, 0.717) is 12.8 Å². The second-order valence-corrected chi connectivity index (χ2v) is 2.37. The van der Waals surface area contributed by atoms with Crippen molar-refractivity contribution in [3.8, 4) is 0 Å². The van der Waals surface area contributed by atoms with Gasteiger partial charge in [0.15, 0.2) is 0 Å². The Hall–Kier alpha value is -1.12. The van der Waals surface area contributed by atoms with Crippen molar-refractivity contribution in [3.63, 3.8) is 0 Å². The summed E-state index contributed by atoms with van der Waals surface area (Å²) in [5.74, 6) is 0.0483. The Bertz CT molecular complexity index is 161. The average Bonchev–Trinajstić information content (AvgIpc) is 1.97. The van der Waals surface area contributed by atoms with E-state index in [4.69, 9.17) is 0 Å². The van der Waals surface area contributed by atoms with Crippen LogP contribution in [0.4, 0.5) is 0 Å². The quantitative estimate of drug-likeness (QED) is 0.440. The van der Waals surface area contributed by atoms with Crippen LogP contribution in [0.1, 0.15) is 12.8 Å². The number of nitrogens with zero attached hydrogens (tertiary/aromatic N) is 1. The molecule has 0 aliphatic carbocycles. The minimum atomic E-state index is 0.0483. The number of hydrogen-bond donors (Lipinski definition) is 0. The molecule has 62 valence electrons. The second kappa shape index (κ2) is 5.65. The van der Waals surface area contributed by atoms with Crippen LogP contribution in [0.3, 0.4) is 0 Å². The van der Waals surface area contributed by atoms with E-state index < -0.39 is 0 Å². The maximum Gasteiger partial charge on any atom is 0.225 e. The van der Waals surface area contributed by atoms with Gasteiger partial charge in [0, 0.05) is 26.9 Å². The van der Waals surface area contributed by atoms with Crippen LogP contribution in [0.25, 0.3) is 0 Å². The predicted octanol–water partition coefficient (Wildman–Crippen LogP) is 0.610. The molecule has 3 nitrogen and oxygen atoms in total. The fourth-order valence-electron chi connectivity index (χ4n) is 0.519. The molecule has 0 spiro atoms. The summed E-state index contributed by atoms with van der Waals surface area (Å²) >= 11 is 0. The van der Waals surface area contributed by atoms with E-state index >= 15 is 0 Å². The van der Waals surface area contributed by atoms with Crippen molar-refractivity contribution < 1.29 is 9.59 Å². The zero-order valence-corrected chi connectivity index (χ0v) is 6.91. The van der Waals surface area contributed by atoms with E-state index in [1.165, 1.54) is 4.90 Å². The summed E-state index contributed by atoms with van der Waals surface area (Å²) in [5, 5.41) is 0. The van der Waals surface area contributed by atoms with Crippen molar-refractivity contribution in [2.75, 3.05) is 14.1 Å². The molecule has 0 atom stereocenters. The van der Waals surface area contributed by atoms with E-state index in [1.54, 1.807) is 26.2 Å².